The molecule has 0 bridgehead atoms. The predicted molar refractivity (Wildman–Crippen MR) is 134 cm³/mol. The molecule has 2 aromatic carbocycles. The van der Waals surface area contributed by atoms with Crippen LogP contribution in [-0.4, -0.2) is 51.9 Å². The quantitative estimate of drug-likeness (QED) is 0.532. The zero-order chi connectivity index (χ0) is 23.8. The molecule has 0 saturated carbocycles. The lowest BCUT2D eigenvalue weighted by Crippen LogP contribution is -2.42. The summed E-state index contributed by atoms with van der Waals surface area (Å²) in [7, 11) is -3.89. The van der Waals surface area contributed by atoms with Gasteiger partial charge in [0.25, 0.3) is 10.0 Å². The maximum atomic E-state index is 13.5. The third-order valence-electron chi connectivity index (χ3n) is 6.39. The number of hydrogen-bond donors (Lipinski definition) is 1. The van der Waals surface area contributed by atoms with Gasteiger partial charge in [0.2, 0.25) is 5.91 Å². The fraction of sp³-hybridized carbons (Fsp3) is 0.500. The molecule has 1 aliphatic heterocycles. The summed E-state index contributed by atoms with van der Waals surface area (Å²) < 4.78 is 28.3. The minimum atomic E-state index is -3.89. The van der Waals surface area contributed by atoms with Crippen LogP contribution < -0.4 is 9.62 Å². The molecule has 7 heteroatoms. The van der Waals surface area contributed by atoms with E-state index in [0.717, 1.165) is 43.1 Å². The monoisotopic (exact) mass is 471 g/mol. The highest BCUT2D eigenvalue weighted by Crippen LogP contribution is 2.27. The molecule has 2 aromatic rings. The van der Waals surface area contributed by atoms with Crippen LogP contribution in [0.4, 0.5) is 5.69 Å². The zero-order valence-electron chi connectivity index (χ0n) is 20.1. The Labute approximate surface area is 199 Å². The molecule has 3 rings (SSSR count). The molecule has 1 saturated heterocycles. The molecular weight excluding hydrogens is 434 g/mol. The molecule has 1 N–H and O–H groups in total. The first-order chi connectivity index (χ1) is 15.8. The van der Waals surface area contributed by atoms with Crippen LogP contribution in [0.2, 0.25) is 0 Å². The summed E-state index contributed by atoms with van der Waals surface area (Å²) in [6.07, 6.45) is 3.99. The number of carbonyl (C=O) groups is 1. The number of hydrogen-bond acceptors (Lipinski definition) is 4. The molecule has 1 amide bonds. The van der Waals surface area contributed by atoms with E-state index in [0.29, 0.717) is 18.7 Å². The van der Waals surface area contributed by atoms with E-state index >= 15 is 0 Å². The van der Waals surface area contributed by atoms with Crippen molar-refractivity contribution in [2.75, 3.05) is 37.0 Å². The Hall–Kier alpha value is -2.38. The minimum Gasteiger partial charge on any atom is -0.354 e. The maximum absolute atomic E-state index is 13.5. The van der Waals surface area contributed by atoms with Crippen molar-refractivity contribution in [2.45, 2.75) is 51.3 Å². The number of piperidine rings is 1. The van der Waals surface area contributed by atoms with Crippen LogP contribution in [-0.2, 0) is 21.2 Å². The Bertz CT molecular complexity index is 1010. The van der Waals surface area contributed by atoms with Crippen LogP contribution in [0.15, 0.2) is 53.4 Å². The van der Waals surface area contributed by atoms with Crippen molar-refractivity contribution < 1.29 is 13.2 Å². The molecule has 180 valence electrons. The van der Waals surface area contributed by atoms with Gasteiger partial charge in [-0.2, -0.15) is 0 Å². The fourth-order valence-corrected chi connectivity index (χ4v) is 5.65. The molecular formula is C26H37N3O3S. The lowest BCUT2D eigenvalue weighted by Gasteiger charge is -2.30. The van der Waals surface area contributed by atoms with Gasteiger partial charge >= 0.3 is 0 Å². The van der Waals surface area contributed by atoms with Crippen molar-refractivity contribution >= 4 is 21.6 Å². The third kappa shape index (κ3) is 6.81. The van der Waals surface area contributed by atoms with Crippen molar-refractivity contribution in [3.05, 3.63) is 59.7 Å². The fourth-order valence-electron chi connectivity index (χ4n) is 4.19. The molecule has 1 aliphatic rings. The lowest BCUT2D eigenvalue weighted by molar-refractivity contribution is -0.119. The Morgan fingerprint density at radius 3 is 2.42 bits per heavy atom. The molecule has 0 aromatic heterocycles. The molecule has 6 nitrogen and oxygen atoms in total. The summed E-state index contributed by atoms with van der Waals surface area (Å²) in [5.74, 6) is 0.511. The Kier molecular flexibility index (Phi) is 8.92. The van der Waals surface area contributed by atoms with E-state index in [1.807, 2.05) is 32.0 Å². The number of likely N-dealkylation sites (tertiary alicyclic amines) is 1. The van der Waals surface area contributed by atoms with Gasteiger partial charge in [0.05, 0.1) is 10.6 Å². The van der Waals surface area contributed by atoms with Crippen LogP contribution in [0.5, 0.6) is 0 Å². The second-order valence-corrected chi connectivity index (χ2v) is 10.9. The van der Waals surface area contributed by atoms with Crippen LogP contribution in [0, 0.1) is 12.8 Å². The highest BCUT2D eigenvalue weighted by molar-refractivity contribution is 7.92. The minimum absolute atomic E-state index is 0.186. The standard InChI is InChI=1S/C26H37N3O3S/c1-4-23-8-5-6-9-25(23)29(33(31,32)24-12-10-21(2)11-13-24)20-26(30)27-16-7-17-28-18-14-22(3)15-19-28/h5-6,8-13,22H,4,7,14-20H2,1-3H3,(H,27,30). The summed E-state index contributed by atoms with van der Waals surface area (Å²) in [5, 5.41) is 2.93. The van der Waals surface area contributed by atoms with Crippen LogP contribution >= 0.6 is 0 Å². The van der Waals surface area contributed by atoms with E-state index < -0.39 is 10.0 Å². The maximum Gasteiger partial charge on any atom is 0.264 e. The van der Waals surface area contributed by atoms with Gasteiger partial charge in [0.15, 0.2) is 0 Å². The second-order valence-electron chi connectivity index (χ2n) is 9.03. The second kappa shape index (κ2) is 11.7. The number of nitrogens with one attached hydrogen (secondary N) is 1. The summed E-state index contributed by atoms with van der Waals surface area (Å²) >= 11 is 0. The van der Waals surface area contributed by atoms with Gasteiger partial charge < -0.3 is 10.2 Å². The number of amides is 1. The topological polar surface area (TPSA) is 69.7 Å². The summed E-state index contributed by atoms with van der Waals surface area (Å²) in [5.41, 5.74) is 2.42. The lowest BCUT2D eigenvalue weighted by atomic mass is 9.99. The number of carbonyl (C=O) groups excluding carboxylic acids is 1. The van der Waals surface area contributed by atoms with Crippen molar-refractivity contribution in [3.63, 3.8) is 0 Å². The molecule has 0 unspecified atom stereocenters. The first-order valence-electron chi connectivity index (χ1n) is 12.0. The first-order valence-corrected chi connectivity index (χ1v) is 13.4. The number of aryl methyl sites for hydroxylation is 2. The van der Waals surface area contributed by atoms with Gasteiger partial charge in [-0.15, -0.1) is 0 Å². The molecule has 1 heterocycles. The number of rotatable bonds is 10. The molecule has 0 radical (unpaired) electrons. The van der Waals surface area contributed by atoms with Gasteiger partial charge in [-0.3, -0.25) is 9.10 Å². The van der Waals surface area contributed by atoms with Gasteiger partial charge in [0.1, 0.15) is 6.54 Å². The smallest absolute Gasteiger partial charge is 0.264 e. The van der Waals surface area contributed by atoms with E-state index in [4.69, 9.17) is 0 Å². The van der Waals surface area contributed by atoms with Crippen molar-refractivity contribution in [2.24, 2.45) is 5.92 Å². The Balaban J connectivity index is 1.69. The average Bonchev–Trinajstić information content (AvgIpc) is 2.81. The van der Waals surface area contributed by atoms with Gasteiger partial charge in [-0.1, -0.05) is 49.7 Å². The number of sulfonamides is 1. The van der Waals surface area contributed by atoms with Gasteiger partial charge in [0, 0.05) is 6.54 Å². The molecule has 33 heavy (non-hydrogen) atoms. The highest BCUT2D eigenvalue weighted by atomic mass is 32.2. The number of anilines is 1. The van der Waals surface area contributed by atoms with Crippen LogP contribution in [0.25, 0.3) is 0 Å². The predicted octanol–water partition coefficient (Wildman–Crippen LogP) is 3.99. The normalized spacial score (nSPS) is 15.4. The Morgan fingerprint density at radius 2 is 1.76 bits per heavy atom. The summed E-state index contributed by atoms with van der Waals surface area (Å²) in [4.78, 5) is 15.5. The van der Waals surface area contributed by atoms with Crippen molar-refractivity contribution in [3.8, 4) is 0 Å². The number of para-hydroxylation sites is 1. The van der Waals surface area contributed by atoms with E-state index in [1.54, 1.807) is 30.3 Å². The zero-order valence-corrected chi connectivity index (χ0v) is 20.9. The van der Waals surface area contributed by atoms with Gasteiger partial charge in [-0.25, -0.2) is 8.42 Å². The molecule has 1 fully saturated rings. The van der Waals surface area contributed by atoms with E-state index in [-0.39, 0.29) is 17.3 Å². The Morgan fingerprint density at radius 1 is 1.09 bits per heavy atom. The first kappa shape index (κ1) is 25.2. The van der Waals surface area contributed by atoms with E-state index in [2.05, 4.69) is 17.1 Å². The van der Waals surface area contributed by atoms with Crippen molar-refractivity contribution in [1.82, 2.24) is 10.2 Å². The molecule has 0 atom stereocenters. The number of benzene rings is 2. The van der Waals surface area contributed by atoms with Crippen LogP contribution in [0.3, 0.4) is 0 Å². The van der Waals surface area contributed by atoms with Crippen molar-refractivity contribution in [1.29, 1.82) is 0 Å². The van der Waals surface area contributed by atoms with E-state index in [1.165, 1.54) is 17.1 Å². The number of nitrogens with zero attached hydrogens (tertiary/aromatic N) is 2. The van der Waals surface area contributed by atoms with Gasteiger partial charge in [-0.05, 0) is 81.9 Å². The highest BCUT2D eigenvalue weighted by Gasteiger charge is 2.28. The molecule has 0 spiro atoms. The molecule has 0 aliphatic carbocycles. The largest absolute Gasteiger partial charge is 0.354 e. The van der Waals surface area contributed by atoms with Crippen LogP contribution in [0.1, 0.15) is 44.2 Å². The SMILES string of the molecule is CCc1ccccc1N(CC(=O)NCCCN1CCC(C)CC1)S(=O)(=O)c1ccc(C)cc1. The third-order valence-corrected chi connectivity index (χ3v) is 8.16. The summed E-state index contributed by atoms with van der Waals surface area (Å²) in [6.45, 7) is 9.68. The average molecular weight is 472 g/mol. The summed E-state index contributed by atoms with van der Waals surface area (Å²) in [6, 6.07) is 14.1. The van der Waals surface area contributed by atoms with E-state index in [9.17, 15) is 13.2 Å².